The zero-order valence-corrected chi connectivity index (χ0v) is 18.9. The predicted molar refractivity (Wildman–Crippen MR) is 126 cm³/mol. The van der Waals surface area contributed by atoms with Gasteiger partial charge in [-0.3, -0.25) is 0 Å². The normalized spacial score (nSPS) is 11.8. The van der Waals surface area contributed by atoms with E-state index in [1.54, 1.807) is 0 Å². The van der Waals surface area contributed by atoms with Crippen LogP contribution in [-0.2, 0) is 19.7 Å². The molecule has 4 N–H and O–H groups in total. The number of sulfone groups is 2. The highest BCUT2D eigenvalue weighted by atomic mass is 32.2. The van der Waals surface area contributed by atoms with Crippen LogP contribution in [0, 0.1) is 0 Å². The van der Waals surface area contributed by atoms with Gasteiger partial charge < -0.3 is 16.2 Å². The second-order valence-corrected chi connectivity index (χ2v) is 11.1. The maximum atomic E-state index is 12.7. The molecule has 4 rings (SSSR count). The highest BCUT2D eigenvalue weighted by molar-refractivity contribution is 7.91. The van der Waals surface area contributed by atoms with Gasteiger partial charge in [-0.05, 0) is 97.1 Å². The van der Waals surface area contributed by atoms with Crippen LogP contribution in [-0.4, -0.2) is 16.8 Å². The van der Waals surface area contributed by atoms with Gasteiger partial charge in [-0.2, -0.15) is 0 Å². The Morgan fingerprint density at radius 3 is 0.939 bits per heavy atom. The Hall–Kier alpha value is -3.82. The average Bonchev–Trinajstić information content (AvgIpc) is 2.80. The van der Waals surface area contributed by atoms with Crippen molar-refractivity contribution in [2.45, 2.75) is 19.6 Å². The third kappa shape index (κ3) is 4.69. The van der Waals surface area contributed by atoms with Crippen molar-refractivity contribution in [3.8, 4) is 11.5 Å². The average molecular weight is 481 g/mol. The molecule has 0 aliphatic carbocycles. The van der Waals surface area contributed by atoms with Crippen molar-refractivity contribution in [1.29, 1.82) is 0 Å². The van der Waals surface area contributed by atoms with Gasteiger partial charge in [0.2, 0.25) is 19.7 Å². The van der Waals surface area contributed by atoms with E-state index in [0.29, 0.717) is 22.9 Å². The molecule has 4 aromatic carbocycles. The van der Waals surface area contributed by atoms with E-state index in [2.05, 4.69) is 0 Å². The minimum atomic E-state index is -3.68. The molecule has 168 valence electrons. The number of benzene rings is 4. The van der Waals surface area contributed by atoms with Crippen molar-refractivity contribution in [1.82, 2.24) is 0 Å². The molecule has 0 radical (unpaired) electrons. The number of anilines is 2. The molecule has 0 saturated heterocycles. The molecule has 7 nitrogen and oxygen atoms in total. The summed E-state index contributed by atoms with van der Waals surface area (Å²) < 4.78 is 56.7. The Labute approximate surface area is 192 Å². The molecule has 9 heteroatoms. The highest BCUT2D eigenvalue weighted by Crippen LogP contribution is 2.28. The number of nitrogens with two attached hydrogens (primary N) is 2. The molecule has 0 amide bonds. The number of rotatable bonds is 6. The van der Waals surface area contributed by atoms with E-state index < -0.39 is 19.7 Å². The van der Waals surface area contributed by atoms with E-state index in [-0.39, 0.29) is 19.6 Å². The largest absolute Gasteiger partial charge is 0.457 e. The van der Waals surface area contributed by atoms with Crippen molar-refractivity contribution < 1.29 is 21.6 Å². The molecule has 0 aliphatic rings. The molecule has 0 atom stereocenters. The van der Waals surface area contributed by atoms with Gasteiger partial charge in [0.15, 0.2) is 0 Å². The summed E-state index contributed by atoms with van der Waals surface area (Å²) in [5.41, 5.74) is 12.2. The topological polar surface area (TPSA) is 130 Å². The SMILES string of the molecule is Nc1ccc(S(=O)(=O)c2ccc(Oc3ccc(S(=O)(=O)c4ccc(N)cc4)cc3)cc2)cc1. The Morgan fingerprint density at radius 2 is 0.667 bits per heavy atom. The predicted octanol–water partition coefficient (Wildman–Crippen LogP) is 4.31. The van der Waals surface area contributed by atoms with Gasteiger partial charge in [-0.25, -0.2) is 16.8 Å². The van der Waals surface area contributed by atoms with E-state index >= 15 is 0 Å². The molecule has 0 saturated carbocycles. The van der Waals surface area contributed by atoms with Crippen LogP contribution < -0.4 is 16.2 Å². The summed E-state index contributed by atoms with van der Waals surface area (Å²) in [4.78, 5) is 0.514. The van der Waals surface area contributed by atoms with Gasteiger partial charge in [0.1, 0.15) is 11.5 Å². The van der Waals surface area contributed by atoms with Crippen LogP contribution in [0.1, 0.15) is 0 Å². The zero-order chi connectivity index (χ0) is 23.6. The maximum Gasteiger partial charge on any atom is 0.206 e. The summed E-state index contributed by atoms with van der Waals surface area (Å²) in [6, 6.07) is 23.8. The Bertz CT molecular complexity index is 1360. The van der Waals surface area contributed by atoms with Gasteiger partial charge in [-0.15, -0.1) is 0 Å². The lowest BCUT2D eigenvalue weighted by molar-refractivity contribution is 0.481. The third-order valence-electron chi connectivity index (χ3n) is 4.88. The first-order chi connectivity index (χ1) is 15.7. The minimum Gasteiger partial charge on any atom is -0.457 e. The molecule has 33 heavy (non-hydrogen) atoms. The van der Waals surface area contributed by atoms with Gasteiger partial charge >= 0.3 is 0 Å². The quantitative estimate of drug-likeness (QED) is 0.393. The van der Waals surface area contributed by atoms with Crippen molar-refractivity contribution in [3.05, 3.63) is 97.1 Å². The molecule has 0 unspecified atom stereocenters. The van der Waals surface area contributed by atoms with Crippen LogP contribution in [0.15, 0.2) is 117 Å². The molecule has 0 heterocycles. The second-order valence-electron chi connectivity index (χ2n) is 7.19. The lowest BCUT2D eigenvalue weighted by Crippen LogP contribution is -2.02. The van der Waals surface area contributed by atoms with E-state index in [0.717, 1.165) is 0 Å². The number of hydrogen-bond acceptors (Lipinski definition) is 7. The smallest absolute Gasteiger partial charge is 0.206 e. The van der Waals surface area contributed by atoms with Crippen LogP contribution in [0.3, 0.4) is 0 Å². The van der Waals surface area contributed by atoms with Crippen molar-refractivity contribution >= 4 is 31.0 Å². The van der Waals surface area contributed by atoms with Crippen LogP contribution in [0.2, 0.25) is 0 Å². The standard InChI is InChI=1S/C24H20N2O5S2/c25-17-1-9-21(10-2-17)32(27,28)23-13-5-19(6-14-23)31-20-7-15-24(16-8-20)33(29,30)22-11-3-18(26)4-12-22/h1-16H,25-26H2. The van der Waals surface area contributed by atoms with Crippen LogP contribution in [0.5, 0.6) is 11.5 Å². The fourth-order valence-electron chi connectivity index (χ4n) is 3.08. The summed E-state index contributed by atoms with van der Waals surface area (Å²) in [6.07, 6.45) is 0. The minimum absolute atomic E-state index is 0.115. The van der Waals surface area contributed by atoms with Crippen LogP contribution >= 0.6 is 0 Å². The van der Waals surface area contributed by atoms with Crippen LogP contribution in [0.25, 0.3) is 0 Å². The summed E-state index contributed by atoms with van der Waals surface area (Å²) in [5.74, 6) is 0.806. The number of nitrogen functional groups attached to an aromatic ring is 2. The first-order valence-corrected chi connectivity index (χ1v) is 12.7. The van der Waals surface area contributed by atoms with Gasteiger partial charge in [0.25, 0.3) is 0 Å². The van der Waals surface area contributed by atoms with E-state index in [9.17, 15) is 16.8 Å². The highest BCUT2D eigenvalue weighted by Gasteiger charge is 2.19. The number of hydrogen-bond donors (Lipinski definition) is 2. The van der Waals surface area contributed by atoms with Gasteiger partial charge in [-0.1, -0.05) is 0 Å². The monoisotopic (exact) mass is 480 g/mol. The summed E-state index contributed by atoms with van der Waals surface area (Å²) in [7, 11) is -7.36. The van der Waals surface area contributed by atoms with Crippen LogP contribution in [0.4, 0.5) is 11.4 Å². The van der Waals surface area contributed by atoms with E-state index in [1.807, 2.05) is 0 Å². The lowest BCUT2D eigenvalue weighted by Gasteiger charge is -2.09. The van der Waals surface area contributed by atoms with Gasteiger partial charge in [0, 0.05) is 11.4 Å². The molecule has 0 aromatic heterocycles. The zero-order valence-electron chi connectivity index (χ0n) is 17.3. The lowest BCUT2D eigenvalue weighted by atomic mass is 10.3. The fourth-order valence-corrected chi connectivity index (χ4v) is 5.60. The first-order valence-electron chi connectivity index (χ1n) is 9.75. The number of ether oxygens (including phenoxy) is 1. The molecule has 0 spiro atoms. The van der Waals surface area contributed by atoms with Crippen molar-refractivity contribution in [2.24, 2.45) is 0 Å². The van der Waals surface area contributed by atoms with E-state index in [4.69, 9.17) is 16.2 Å². The summed E-state index contributed by atoms with van der Waals surface area (Å²) in [6.45, 7) is 0. The molecular formula is C24H20N2O5S2. The molecule has 4 aromatic rings. The van der Waals surface area contributed by atoms with E-state index in [1.165, 1.54) is 97.1 Å². The third-order valence-corrected chi connectivity index (χ3v) is 8.46. The summed E-state index contributed by atoms with van der Waals surface area (Å²) in [5, 5.41) is 0. The molecule has 0 fully saturated rings. The Kier molecular flexibility index (Phi) is 5.84. The Balaban J connectivity index is 1.51. The molecular weight excluding hydrogens is 460 g/mol. The second kappa shape index (κ2) is 8.61. The molecule has 0 bridgehead atoms. The first kappa shape index (κ1) is 22.4. The van der Waals surface area contributed by atoms with Crippen molar-refractivity contribution in [3.63, 3.8) is 0 Å². The molecule has 0 aliphatic heterocycles. The maximum absolute atomic E-state index is 12.7. The fraction of sp³-hybridized carbons (Fsp3) is 0. The van der Waals surface area contributed by atoms with Gasteiger partial charge in [0.05, 0.1) is 19.6 Å². The Morgan fingerprint density at radius 1 is 0.424 bits per heavy atom. The van der Waals surface area contributed by atoms with Crippen molar-refractivity contribution in [2.75, 3.05) is 11.5 Å². The summed E-state index contributed by atoms with van der Waals surface area (Å²) >= 11 is 0.